The van der Waals surface area contributed by atoms with Gasteiger partial charge < -0.3 is 14.6 Å². The lowest BCUT2D eigenvalue weighted by Gasteiger charge is -2.16. The van der Waals surface area contributed by atoms with E-state index in [1.54, 1.807) is 0 Å². The van der Waals surface area contributed by atoms with Crippen LogP contribution in [0, 0.1) is 0 Å². The second kappa shape index (κ2) is 43.5. The van der Waals surface area contributed by atoms with Gasteiger partial charge in [0, 0.05) is 13.0 Å². The summed E-state index contributed by atoms with van der Waals surface area (Å²) in [6, 6.07) is 0. The molecule has 1 N–H and O–H groups in total. The number of hydrogen-bond donors (Lipinski definition) is 1. The normalized spacial score (nSPS) is 12.8. The Hall–Kier alpha value is -1.65. The molecule has 0 amide bonds. The Labute approximate surface area is 312 Å². The number of esters is 1. The Kier molecular flexibility index (Phi) is 42.1. The summed E-state index contributed by atoms with van der Waals surface area (Å²) in [5, 5.41) is 9.61. The molecule has 0 saturated heterocycles. The average Bonchev–Trinajstić information content (AvgIpc) is 3.12. The molecule has 0 saturated carbocycles. The van der Waals surface area contributed by atoms with Crippen molar-refractivity contribution in [3.63, 3.8) is 0 Å². The number of ether oxygens (including phenoxy) is 2. The number of unbranched alkanes of at least 4 members (excludes halogenated alkanes) is 24. The van der Waals surface area contributed by atoms with Crippen LogP contribution in [0.5, 0.6) is 0 Å². The maximum atomic E-state index is 12.2. The van der Waals surface area contributed by atoms with Gasteiger partial charge in [0.2, 0.25) is 0 Å². The highest BCUT2D eigenvalue weighted by Crippen LogP contribution is 2.15. The first-order valence-electron chi connectivity index (χ1n) is 21.7. The standard InChI is InChI=1S/C46H84O4/c1-3-5-7-9-11-13-15-17-19-21-23-24-26-28-30-32-34-36-38-40-42-49-44-45(43-47)50-46(48)41-39-37-35-33-31-29-27-25-22-20-18-16-14-12-10-8-6-4-2/h5,7,11,13,17,19,23-24,45,47H,3-4,6,8-10,12,14-16,18,20-22,25-44H2,1-2H3/b7-5-,13-11-,19-17-,24-23-. The van der Waals surface area contributed by atoms with Gasteiger partial charge in [-0.3, -0.25) is 4.79 Å². The molecule has 4 nitrogen and oxygen atoms in total. The van der Waals surface area contributed by atoms with Crippen molar-refractivity contribution in [1.29, 1.82) is 0 Å². The fourth-order valence-corrected chi connectivity index (χ4v) is 6.20. The quantitative estimate of drug-likeness (QED) is 0.0393. The molecule has 0 radical (unpaired) electrons. The first-order chi connectivity index (χ1) is 24.7. The number of rotatable bonds is 40. The van der Waals surface area contributed by atoms with E-state index in [0.29, 0.717) is 19.6 Å². The second-order valence-electron chi connectivity index (χ2n) is 14.4. The zero-order valence-corrected chi connectivity index (χ0v) is 33.4. The van der Waals surface area contributed by atoms with Crippen LogP contribution >= 0.6 is 0 Å². The van der Waals surface area contributed by atoms with E-state index < -0.39 is 6.10 Å². The number of carbonyl (C=O) groups excluding carboxylic acids is 1. The molecule has 0 spiro atoms. The van der Waals surface area contributed by atoms with E-state index in [1.165, 1.54) is 148 Å². The van der Waals surface area contributed by atoms with E-state index in [2.05, 4.69) is 62.5 Å². The summed E-state index contributed by atoms with van der Waals surface area (Å²) in [6.07, 6.45) is 56.0. The van der Waals surface area contributed by atoms with Gasteiger partial charge in [-0.15, -0.1) is 0 Å². The molecule has 0 aliphatic rings. The van der Waals surface area contributed by atoms with Crippen molar-refractivity contribution in [3.05, 3.63) is 48.6 Å². The monoisotopic (exact) mass is 701 g/mol. The molecule has 4 heteroatoms. The number of aliphatic hydroxyl groups excluding tert-OH is 1. The molecular weight excluding hydrogens is 617 g/mol. The molecule has 0 bridgehead atoms. The molecule has 0 fully saturated rings. The molecule has 0 aromatic heterocycles. The van der Waals surface area contributed by atoms with Gasteiger partial charge in [0.05, 0.1) is 13.2 Å². The van der Waals surface area contributed by atoms with E-state index in [9.17, 15) is 9.90 Å². The van der Waals surface area contributed by atoms with Gasteiger partial charge in [0.1, 0.15) is 6.10 Å². The minimum absolute atomic E-state index is 0.175. The number of hydrogen-bond acceptors (Lipinski definition) is 4. The van der Waals surface area contributed by atoms with Gasteiger partial charge in [-0.25, -0.2) is 0 Å². The second-order valence-corrected chi connectivity index (χ2v) is 14.4. The van der Waals surface area contributed by atoms with Gasteiger partial charge in [-0.05, 0) is 51.4 Å². The minimum atomic E-state index is -0.539. The van der Waals surface area contributed by atoms with Crippen molar-refractivity contribution in [1.82, 2.24) is 0 Å². The van der Waals surface area contributed by atoms with Crippen molar-refractivity contribution in [2.75, 3.05) is 19.8 Å². The van der Waals surface area contributed by atoms with Crippen molar-refractivity contribution in [2.45, 2.75) is 219 Å². The van der Waals surface area contributed by atoms with E-state index in [4.69, 9.17) is 9.47 Å². The molecule has 0 aromatic carbocycles. The minimum Gasteiger partial charge on any atom is -0.457 e. The van der Waals surface area contributed by atoms with Gasteiger partial charge in [-0.1, -0.05) is 204 Å². The molecule has 50 heavy (non-hydrogen) atoms. The van der Waals surface area contributed by atoms with Gasteiger partial charge in [-0.2, -0.15) is 0 Å². The SMILES string of the molecule is CC/C=C\C/C=C\C/C=C\C/C=C\CCCCCCCCCOCC(CO)OC(=O)CCCCCCCCCCCCCCCCCCCC. The predicted octanol–water partition coefficient (Wildman–Crippen LogP) is 14.3. The fraction of sp³-hybridized carbons (Fsp3) is 0.804. The Morgan fingerprint density at radius 1 is 0.500 bits per heavy atom. The summed E-state index contributed by atoms with van der Waals surface area (Å²) in [7, 11) is 0. The molecule has 1 atom stereocenters. The highest BCUT2D eigenvalue weighted by atomic mass is 16.6. The molecule has 0 heterocycles. The third kappa shape index (κ3) is 40.8. The zero-order valence-electron chi connectivity index (χ0n) is 33.4. The largest absolute Gasteiger partial charge is 0.457 e. The predicted molar refractivity (Wildman–Crippen MR) is 219 cm³/mol. The smallest absolute Gasteiger partial charge is 0.306 e. The van der Waals surface area contributed by atoms with Gasteiger partial charge in [0.25, 0.3) is 0 Å². The topological polar surface area (TPSA) is 55.8 Å². The Morgan fingerprint density at radius 3 is 1.36 bits per heavy atom. The van der Waals surface area contributed by atoms with Crippen LogP contribution in [0.4, 0.5) is 0 Å². The van der Waals surface area contributed by atoms with E-state index in [1.807, 2.05) is 0 Å². The van der Waals surface area contributed by atoms with Crippen LogP contribution in [0.2, 0.25) is 0 Å². The van der Waals surface area contributed by atoms with Crippen LogP contribution in [0.15, 0.2) is 48.6 Å². The van der Waals surface area contributed by atoms with Gasteiger partial charge in [0.15, 0.2) is 0 Å². The summed E-state index contributed by atoms with van der Waals surface area (Å²) in [5.41, 5.74) is 0. The summed E-state index contributed by atoms with van der Waals surface area (Å²) in [6.45, 7) is 5.23. The Balaban J connectivity index is 3.44. The maximum absolute atomic E-state index is 12.2. The number of aliphatic hydroxyl groups is 1. The highest BCUT2D eigenvalue weighted by molar-refractivity contribution is 5.69. The maximum Gasteiger partial charge on any atom is 0.306 e. The van der Waals surface area contributed by atoms with Crippen molar-refractivity contribution in [2.24, 2.45) is 0 Å². The van der Waals surface area contributed by atoms with Gasteiger partial charge >= 0.3 is 5.97 Å². The van der Waals surface area contributed by atoms with E-state index >= 15 is 0 Å². The molecule has 292 valence electrons. The Bertz CT molecular complexity index is 783. The van der Waals surface area contributed by atoms with Crippen molar-refractivity contribution in [3.8, 4) is 0 Å². The van der Waals surface area contributed by atoms with E-state index in [0.717, 1.165) is 44.9 Å². The van der Waals surface area contributed by atoms with Crippen LogP contribution in [0.1, 0.15) is 213 Å². The first kappa shape index (κ1) is 48.3. The summed E-state index contributed by atoms with van der Waals surface area (Å²) < 4.78 is 11.2. The molecule has 1 unspecified atom stereocenters. The zero-order chi connectivity index (χ0) is 36.3. The van der Waals surface area contributed by atoms with E-state index in [-0.39, 0.29) is 12.6 Å². The highest BCUT2D eigenvalue weighted by Gasteiger charge is 2.13. The van der Waals surface area contributed by atoms with Crippen LogP contribution in [-0.2, 0) is 14.3 Å². The molecule has 0 aliphatic carbocycles. The molecule has 0 rings (SSSR count). The lowest BCUT2D eigenvalue weighted by Crippen LogP contribution is -2.27. The molecule has 0 aliphatic heterocycles. The lowest BCUT2D eigenvalue weighted by atomic mass is 10.0. The van der Waals surface area contributed by atoms with Crippen LogP contribution < -0.4 is 0 Å². The van der Waals surface area contributed by atoms with Crippen LogP contribution in [0.25, 0.3) is 0 Å². The third-order valence-corrected chi connectivity index (χ3v) is 9.42. The summed E-state index contributed by atoms with van der Waals surface area (Å²) in [5.74, 6) is -0.203. The Morgan fingerprint density at radius 2 is 0.900 bits per heavy atom. The molecule has 0 aromatic rings. The average molecular weight is 701 g/mol. The van der Waals surface area contributed by atoms with Crippen LogP contribution in [-0.4, -0.2) is 37.0 Å². The lowest BCUT2D eigenvalue weighted by molar-refractivity contribution is -0.154. The van der Waals surface area contributed by atoms with Crippen molar-refractivity contribution < 1.29 is 19.4 Å². The summed E-state index contributed by atoms with van der Waals surface area (Å²) in [4.78, 5) is 12.2. The first-order valence-corrected chi connectivity index (χ1v) is 21.7. The number of carbonyl (C=O) groups is 1. The van der Waals surface area contributed by atoms with Crippen LogP contribution in [0.3, 0.4) is 0 Å². The fourth-order valence-electron chi connectivity index (χ4n) is 6.20. The summed E-state index contributed by atoms with van der Waals surface area (Å²) >= 11 is 0. The number of allylic oxidation sites excluding steroid dienone is 8. The molecular formula is C46H84O4. The third-order valence-electron chi connectivity index (χ3n) is 9.42. The van der Waals surface area contributed by atoms with Crippen molar-refractivity contribution >= 4 is 5.97 Å².